The van der Waals surface area contributed by atoms with Gasteiger partial charge in [-0.1, -0.05) is 11.6 Å². The van der Waals surface area contributed by atoms with E-state index < -0.39 is 5.97 Å². The zero-order valence-electron chi connectivity index (χ0n) is 11.3. The molecule has 1 saturated heterocycles. The zero-order valence-corrected chi connectivity index (χ0v) is 12.1. The highest BCUT2D eigenvalue weighted by molar-refractivity contribution is 7.99. The van der Waals surface area contributed by atoms with Gasteiger partial charge in [0.1, 0.15) is 0 Å². The van der Waals surface area contributed by atoms with Crippen LogP contribution in [0.25, 0.3) is 0 Å². The first-order valence-electron chi connectivity index (χ1n) is 6.53. The topological polar surface area (TPSA) is 78.4 Å². The lowest BCUT2D eigenvalue weighted by molar-refractivity contribution is 0.0698. The third kappa shape index (κ3) is 3.90. The van der Waals surface area contributed by atoms with E-state index in [9.17, 15) is 9.59 Å². The summed E-state index contributed by atoms with van der Waals surface area (Å²) in [5.74, 6) is 1.69. The van der Waals surface area contributed by atoms with Crippen LogP contribution >= 0.6 is 11.8 Å². The fraction of sp³-hybridized carbons (Fsp3) is 0.429. The molecule has 2 amide bonds. The largest absolute Gasteiger partial charge is 0.478 e. The summed E-state index contributed by atoms with van der Waals surface area (Å²) >= 11 is 1.90. The van der Waals surface area contributed by atoms with E-state index in [1.165, 1.54) is 0 Å². The van der Waals surface area contributed by atoms with E-state index in [1.807, 2.05) is 18.7 Å². The predicted molar refractivity (Wildman–Crippen MR) is 80.6 cm³/mol. The maximum Gasteiger partial charge on any atom is 0.337 e. The van der Waals surface area contributed by atoms with E-state index >= 15 is 0 Å². The van der Waals surface area contributed by atoms with E-state index in [0.717, 1.165) is 23.5 Å². The van der Waals surface area contributed by atoms with Gasteiger partial charge in [0, 0.05) is 6.54 Å². The van der Waals surface area contributed by atoms with E-state index in [0.29, 0.717) is 18.2 Å². The minimum absolute atomic E-state index is 0.108. The van der Waals surface area contributed by atoms with Crippen molar-refractivity contribution < 1.29 is 14.7 Å². The Labute approximate surface area is 122 Å². The molecular formula is C14H18N2O3S. The number of aryl methyl sites for hydroxylation is 1. The maximum atomic E-state index is 11.8. The molecule has 6 heteroatoms. The molecule has 5 nitrogen and oxygen atoms in total. The average molecular weight is 294 g/mol. The molecule has 1 aromatic carbocycles. The monoisotopic (exact) mass is 294 g/mol. The van der Waals surface area contributed by atoms with Crippen LogP contribution in [0.3, 0.4) is 0 Å². The number of urea groups is 1. The van der Waals surface area contributed by atoms with Gasteiger partial charge in [0.25, 0.3) is 0 Å². The average Bonchev–Trinajstić information content (AvgIpc) is 2.91. The number of amides is 2. The van der Waals surface area contributed by atoms with Crippen LogP contribution in [0.1, 0.15) is 22.3 Å². The molecule has 0 bridgehead atoms. The fourth-order valence-corrected chi connectivity index (χ4v) is 3.38. The van der Waals surface area contributed by atoms with E-state index in [-0.39, 0.29) is 11.6 Å². The molecule has 1 aliphatic heterocycles. The Morgan fingerprint density at radius 2 is 2.25 bits per heavy atom. The number of hydrogen-bond donors (Lipinski definition) is 3. The molecule has 1 unspecified atom stereocenters. The highest BCUT2D eigenvalue weighted by atomic mass is 32.2. The van der Waals surface area contributed by atoms with Gasteiger partial charge in [-0.15, -0.1) is 0 Å². The van der Waals surface area contributed by atoms with E-state index in [2.05, 4.69) is 10.6 Å². The van der Waals surface area contributed by atoms with E-state index in [1.54, 1.807) is 18.2 Å². The SMILES string of the molecule is Cc1ccc(NC(=O)NCC2CCSC2)c(C(=O)O)c1. The van der Waals surface area contributed by atoms with Crippen molar-refractivity contribution in [3.05, 3.63) is 29.3 Å². The van der Waals surface area contributed by atoms with Gasteiger partial charge in [-0.3, -0.25) is 0 Å². The third-order valence-electron chi connectivity index (χ3n) is 3.23. The lowest BCUT2D eigenvalue weighted by atomic mass is 10.1. The summed E-state index contributed by atoms with van der Waals surface area (Å²) in [6.07, 6.45) is 1.12. The highest BCUT2D eigenvalue weighted by Crippen LogP contribution is 2.22. The molecule has 1 fully saturated rings. The predicted octanol–water partition coefficient (Wildman–Crippen LogP) is 2.57. The van der Waals surface area contributed by atoms with Crippen LogP contribution in [0.5, 0.6) is 0 Å². The lowest BCUT2D eigenvalue weighted by Crippen LogP contribution is -2.33. The number of anilines is 1. The van der Waals surface area contributed by atoms with Crippen molar-refractivity contribution in [3.8, 4) is 0 Å². The van der Waals surface area contributed by atoms with Crippen molar-refractivity contribution in [1.82, 2.24) is 5.32 Å². The van der Waals surface area contributed by atoms with Crippen LogP contribution in [-0.2, 0) is 0 Å². The number of thioether (sulfide) groups is 1. The number of carbonyl (C=O) groups excluding carboxylic acids is 1. The van der Waals surface area contributed by atoms with E-state index in [4.69, 9.17) is 5.11 Å². The van der Waals surface area contributed by atoms with Gasteiger partial charge in [-0.2, -0.15) is 11.8 Å². The molecule has 2 rings (SSSR count). The molecule has 1 atom stereocenters. The number of aromatic carboxylic acids is 1. The molecular weight excluding hydrogens is 276 g/mol. The smallest absolute Gasteiger partial charge is 0.337 e. The quantitative estimate of drug-likeness (QED) is 0.797. The molecule has 1 aliphatic rings. The van der Waals surface area contributed by atoms with Gasteiger partial charge in [0.2, 0.25) is 0 Å². The van der Waals surface area contributed by atoms with Crippen molar-refractivity contribution >= 4 is 29.4 Å². The van der Waals surface area contributed by atoms with Gasteiger partial charge in [0.15, 0.2) is 0 Å². The summed E-state index contributed by atoms with van der Waals surface area (Å²) in [6.45, 7) is 2.45. The molecule has 0 aliphatic carbocycles. The maximum absolute atomic E-state index is 11.8. The first kappa shape index (κ1) is 14.7. The second-order valence-corrected chi connectivity index (χ2v) is 6.07. The van der Waals surface area contributed by atoms with Crippen LogP contribution in [0.4, 0.5) is 10.5 Å². The lowest BCUT2D eigenvalue weighted by Gasteiger charge is -2.13. The number of hydrogen-bond acceptors (Lipinski definition) is 3. The second-order valence-electron chi connectivity index (χ2n) is 4.92. The minimum Gasteiger partial charge on any atom is -0.478 e. The molecule has 0 spiro atoms. The second kappa shape index (κ2) is 6.65. The number of nitrogens with one attached hydrogen (secondary N) is 2. The zero-order chi connectivity index (χ0) is 14.5. The molecule has 3 N–H and O–H groups in total. The van der Waals surface area contributed by atoms with Gasteiger partial charge in [0.05, 0.1) is 11.3 Å². The molecule has 0 radical (unpaired) electrons. The standard InChI is InChI=1S/C14H18N2O3S/c1-9-2-3-12(11(6-9)13(17)18)16-14(19)15-7-10-4-5-20-8-10/h2-3,6,10H,4-5,7-8H2,1H3,(H,17,18)(H2,15,16,19). The fourth-order valence-electron chi connectivity index (χ4n) is 2.09. The van der Waals surface area contributed by atoms with Crippen molar-refractivity contribution in [2.75, 3.05) is 23.4 Å². The Kier molecular flexibility index (Phi) is 4.89. The van der Waals surface area contributed by atoms with Crippen LogP contribution in [0.15, 0.2) is 18.2 Å². The Balaban J connectivity index is 1.94. The Bertz CT molecular complexity index is 513. The molecule has 108 valence electrons. The number of rotatable bonds is 4. The van der Waals surface area contributed by atoms with Crippen molar-refractivity contribution in [1.29, 1.82) is 0 Å². The van der Waals surface area contributed by atoms with Crippen LogP contribution in [0.2, 0.25) is 0 Å². The summed E-state index contributed by atoms with van der Waals surface area (Å²) in [5.41, 5.74) is 1.27. The van der Waals surface area contributed by atoms with Gasteiger partial charge in [-0.25, -0.2) is 9.59 Å². The summed E-state index contributed by atoms with van der Waals surface area (Å²) in [6, 6.07) is 4.58. The highest BCUT2D eigenvalue weighted by Gasteiger charge is 2.17. The summed E-state index contributed by atoms with van der Waals surface area (Å²) in [4.78, 5) is 23.0. The van der Waals surface area contributed by atoms with Crippen LogP contribution in [-0.4, -0.2) is 35.2 Å². The minimum atomic E-state index is -1.05. The molecule has 20 heavy (non-hydrogen) atoms. The third-order valence-corrected chi connectivity index (χ3v) is 4.46. The molecule has 1 aromatic rings. The van der Waals surface area contributed by atoms with Gasteiger partial charge < -0.3 is 15.7 Å². The molecule has 1 heterocycles. The summed E-state index contributed by atoms with van der Waals surface area (Å²) < 4.78 is 0. The normalized spacial score (nSPS) is 17.8. The first-order chi connectivity index (χ1) is 9.56. The molecule has 0 saturated carbocycles. The Morgan fingerprint density at radius 3 is 2.90 bits per heavy atom. The number of carboxylic acids is 1. The van der Waals surface area contributed by atoms with Gasteiger partial charge in [-0.05, 0) is 42.9 Å². The van der Waals surface area contributed by atoms with Crippen LogP contribution < -0.4 is 10.6 Å². The van der Waals surface area contributed by atoms with Crippen molar-refractivity contribution in [2.45, 2.75) is 13.3 Å². The number of benzene rings is 1. The van der Waals surface area contributed by atoms with Gasteiger partial charge >= 0.3 is 12.0 Å². The van der Waals surface area contributed by atoms with Crippen LogP contribution in [0, 0.1) is 12.8 Å². The molecule has 0 aromatic heterocycles. The summed E-state index contributed by atoms with van der Waals surface area (Å²) in [7, 11) is 0. The Hall–Kier alpha value is -1.69. The summed E-state index contributed by atoms with van der Waals surface area (Å²) in [5, 5.41) is 14.5. The number of carboxylic acid groups (broad SMARTS) is 1. The van der Waals surface area contributed by atoms with Crippen molar-refractivity contribution in [2.24, 2.45) is 5.92 Å². The number of carbonyl (C=O) groups is 2. The first-order valence-corrected chi connectivity index (χ1v) is 7.68. The Morgan fingerprint density at radius 1 is 1.45 bits per heavy atom. The van der Waals surface area contributed by atoms with Crippen molar-refractivity contribution in [3.63, 3.8) is 0 Å².